The molecule has 0 saturated heterocycles. The first-order valence-corrected chi connectivity index (χ1v) is 5.64. The lowest BCUT2D eigenvalue weighted by atomic mass is 10.0. The molecule has 4 nitrogen and oxygen atoms in total. The Kier molecular flexibility index (Phi) is 2.88. The Labute approximate surface area is 99.9 Å². The molecule has 0 fully saturated rings. The lowest BCUT2D eigenvalue weighted by molar-refractivity contribution is -0.141. The minimum Gasteiger partial charge on any atom is -0.481 e. The van der Waals surface area contributed by atoms with Crippen LogP contribution in [-0.2, 0) is 18.3 Å². The van der Waals surface area contributed by atoms with Gasteiger partial charge in [-0.2, -0.15) is 5.10 Å². The van der Waals surface area contributed by atoms with Crippen molar-refractivity contribution in [3.63, 3.8) is 0 Å². The first-order chi connectivity index (χ1) is 7.99. The van der Waals surface area contributed by atoms with Gasteiger partial charge < -0.3 is 5.11 Å². The number of nitrogens with zero attached hydrogens (tertiary/aromatic N) is 2. The van der Waals surface area contributed by atoms with Gasteiger partial charge in [0.15, 0.2) is 0 Å². The zero-order valence-electron chi connectivity index (χ0n) is 10.3. The van der Waals surface area contributed by atoms with Gasteiger partial charge in [0.1, 0.15) is 0 Å². The number of aryl methyl sites for hydroxylation is 2. The van der Waals surface area contributed by atoms with E-state index in [1.165, 1.54) is 0 Å². The monoisotopic (exact) mass is 232 g/mol. The molecule has 0 aliphatic rings. The van der Waals surface area contributed by atoms with Crippen LogP contribution in [0, 0.1) is 12.8 Å². The molecule has 0 bridgehead atoms. The Bertz CT molecular complexity index is 572. The SMILES string of the molecule is Cc1c2ccc(CC(C)C(=O)O)cc2nn1C. The van der Waals surface area contributed by atoms with E-state index < -0.39 is 5.97 Å². The van der Waals surface area contributed by atoms with Crippen molar-refractivity contribution in [3.8, 4) is 0 Å². The second-order valence-corrected chi connectivity index (χ2v) is 4.50. The van der Waals surface area contributed by atoms with Crippen LogP contribution in [0.2, 0.25) is 0 Å². The zero-order chi connectivity index (χ0) is 12.6. The van der Waals surface area contributed by atoms with Gasteiger partial charge in [-0.15, -0.1) is 0 Å². The molecule has 1 atom stereocenters. The van der Waals surface area contributed by atoms with E-state index in [0.29, 0.717) is 6.42 Å². The molecule has 0 aliphatic heterocycles. The average Bonchev–Trinajstić information content (AvgIpc) is 2.54. The molecule has 2 rings (SSSR count). The van der Waals surface area contributed by atoms with Crippen LogP contribution < -0.4 is 0 Å². The molecule has 0 saturated carbocycles. The van der Waals surface area contributed by atoms with E-state index in [2.05, 4.69) is 5.10 Å². The normalized spacial score (nSPS) is 12.9. The highest BCUT2D eigenvalue weighted by Gasteiger charge is 2.12. The number of hydrogen-bond acceptors (Lipinski definition) is 2. The largest absolute Gasteiger partial charge is 0.481 e. The van der Waals surface area contributed by atoms with Gasteiger partial charge in [0.2, 0.25) is 0 Å². The molecule has 0 aliphatic carbocycles. The quantitative estimate of drug-likeness (QED) is 0.882. The summed E-state index contributed by atoms with van der Waals surface area (Å²) in [4.78, 5) is 10.8. The van der Waals surface area contributed by atoms with Crippen molar-refractivity contribution in [2.75, 3.05) is 0 Å². The van der Waals surface area contributed by atoms with E-state index in [1.807, 2.05) is 36.9 Å². The summed E-state index contributed by atoms with van der Waals surface area (Å²) in [5.74, 6) is -1.13. The van der Waals surface area contributed by atoms with E-state index in [0.717, 1.165) is 22.2 Å². The number of fused-ring (bicyclic) bond motifs is 1. The molecule has 1 aromatic heterocycles. The molecule has 0 spiro atoms. The van der Waals surface area contributed by atoms with Gasteiger partial charge in [-0.25, -0.2) is 0 Å². The minimum absolute atomic E-state index is 0.364. The van der Waals surface area contributed by atoms with Gasteiger partial charge in [-0.05, 0) is 25.0 Å². The van der Waals surface area contributed by atoms with Crippen LogP contribution in [0.3, 0.4) is 0 Å². The number of benzene rings is 1. The second-order valence-electron chi connectivity index (χ2n) is 4.50. The summed E-state index contributed by atoms with van der Waals surface area (Å²) < 4.78 is 1.84. The molecule has 1 aromatic carbocycles. The van der Waals surface area contributed by atoms with Crippen molar-refractivity contribution in [3.05, 3.63) is 29.5 Å². The Hall–Kier alpha value is -1.84. The van der Waals surface area contributed by atoms with Gasteiger partial charge in [-0.1, -0.05) is 19.1 Å². The number of hydrogen-bond donors (Lipinski definition) is 1. The fraction of sp³-hybridized carbons (Fsp3) is 0.385. The molecule has 1 N–H and O–H groups in total. The van der Waals surface area contributed by atoms with Crippen molar-refractivity contribution in [1.29, 1.82) is 0 Å². The van der Waals surface area contributed by atoms with E-state index in [-0.39, 0.29) is 5.92 Å². The fourth-order valence-electron chi connectivity index (χ4n) is 1.94. The van der Waals surface area contributed by atoms with E-state index in [9.17, 15) is 4.79 Å². The van der Waals surface area contributed by atoms with Gasteiger partial charge >= 0.3 is 5.97 Å². The van der Waals surface area contributed by atoms with Gasteiger partial charge in [0.25, 0.3) is 0 Å². The lowest BCUT2D eigenvalue weighted by Crippen LogP contribution is -2.12. The van der Waals surface area contributed by atoms with Gasteiger partial charge in [0.05, 0.1) is 11.4 Å². The highest BCUT2D eigenvalue weighted by atomic mass is 16.4. The molecule has 0 radical (unpaired) electrons. The molecule has 17 heavy (non-hydrogen) atoms. The van der Waals surface area contributed by atoms with Gasteiger partial charge in [-0.3, -0.25) is 9.48 Å². The Morgan fingerprint density at radius 1 is 1.53 bits per heavy atom. The number of carboxylic acids is 1. The summed E-state index contributed by atoms with van der Waals surface area (Å²) in [5.41, 5.74) is 3.07. The van der Waals surface area contributed by atoms with E-state index >= 15 is 0 Å². The smallest absolute Gasteiger partial charge is 0.306 e. The topological polar surface area (TPSA) is 55.1 Å². The molecule has 0 amide bonds. The Morgan fingerprint density at radius 3 is 2.88 bits per heavy atom. The predicted octanol–water partition coefficient (Wildman–Crippen LogP) is 2.14. The number of carbonyl (C=O) groups is 1. The predicted molar refractivity (Wildman–Crippen MR) is 66.0 cm³/mol. The van der Waals surface area contributed by atoms with Gasteiger partial charge in [0, 0.05) is 18.1 Å². The van der Waals surface area contributed by atoms with Crippen LogP contribution in [0.5, 0.6) is 0 Å². The van der Waals surface area contributed by atoms with Crippen molar-refractivity contribution in [2.24, 2.45) is 13.0 Å². The maximum atomic E-state index is 10.8. The third-order valence-corrected chi connectivity index (χ3v) is 3.16. The third-order valence-electron chi connectivity index (χ3n) is 3.16. The van der Waals surface area contributed by atoms with E-state index in [1.54, 1.807) is 6.92 Å². The molecule has 2 aromatic rings. The first kappa shape index (κ1) is 11.6. The summed E-state index contributed by atoms with van der Waals surface area (Å²) in [6, 6.07) is 5.97. The van der Waals surface area contributed by atoms with Crippen LogP contribution in [0.4, 0.5) is 0 Å². The Morgan fingerprint density at radius 2 is 2.24 bits per heavy atom. The first-order valence-electron chi connectivity index (χ1n) is 5.64. The van der Waals surface area contributed by atoms with Crippen molar-refractivity contribution < 1.29 is 9.90 Å². The summed E-state index contributed by atoms with van der Waals surface area (Å²) in [6.07, 6.45) is 0.543. The minimum atomic E-state index is -0.762. The molecule has 1 unspecified atom stereocenters. The molecular weight excluding hydrogens is 216 g/mol. The van der Waals surface area contributed by atoms with Crippen molar-refractivity contribution in [1.82, 2.24) is 9.78 Å². The molecule has 1 heterocycles. The maximum absolute atomic E-state index is 10.8. The number of aliphatic carboxylic acids is 1. The van der Waals surface area contributed by atoms with Crippen molar-refractivity contribution >= 4 is 16.9 Å². The fourth-order valence-corrected chi connectivity index (χ4v) is 1.94. The Balaban J connectivity index is 2.35. The lowest BCUT2D eigenvalue weighted by Gasteiger charge is -2.05. The number of aromatic nitrogens is 2. The average molecular weight is 232 g/mol. The highest BCUT2D eigenvalue weighted by Crippen LogP contribution is 2.20. The second kappa shape index (κ2) is 4.20. The maximum Gasteiger partial charge on any atom is 0.306 e. The summed E-state index contributed by atoms with van der Waals surface area (Å²) >= 11 is 0. The van der Waals surface area contributed by atoms with Crippen LogP contribution in [0.1, 0.15) is 18.2 Å². The standard InChI is InChI=1S/C13H16N2O2/c1-8(13(16)17)6-10-4-5-11-9(2)15(3)14-12(11)7-10/h4-5,7-8H,6H2,1-3H3,(H,16,17). The van der Waals surface area contributed by atoms with E-state index in [4.69, 9.17) is 5.11 Å². The number of carboxylic acid groups (broad SMARTS) is 1. The number of rotatable bonds is 3. The molecule has 90 valence electrons. The molecular formula is C13H16N2O2. The summed E-state index contributed by atoms with van der Waals surface area (Å²) in [5, 5.41) is 14.4. The zero-order valence-corrected chi connectivity index (χ0v) is 10.3. The summed E-state index contributed by atoms with van der Waals surface area (Å²) in [7, 11) is 1.91. The van der Waals surface area contributed by atoms with Crippen molar-refractivity contribution in [2.45, 2.75) is 20.3 Å². The summed E-state index contributed by atoms with van der Waals surface area (Å²) in [6.45, 7) is 3.74. The van der Waals surface area contributed by atoms with Crippen LogP contribution >= 0.6 is 0 Å². The molecule has 4 heteroatoms. The highest BCUT2D eigenvalue weighted by molar-refractivity contribution is 5.82. The van der Waals surface area contributed by atoms with Crippen LogP contribution in [-0.4, -0.2) is 20.9 Å². The third kappa shape index (κ3) is 2.16. The van der Waals surface area contributed by atoms with Crippen LogP contribution in [0.25, 0.3) is 10.9 Å². The van der Waals surface area contributed by atoms with Crippen LogP contribution in [0.15, 0.2) is 18.2 Å².